The first-order chi connectivity index (χ1) is 9.88. The molecule has 3 N–H and O–H groups in total. The number of rotatable bonds is 6. The lowest BCUT2D eigenvalue weighted by molar-refractivity contribution is -0.145. The molecule has 1 rings (SSSR count). The number of hydrogen-bond acceptors (Lipinski definition) is 5. The number of primary amides is 1. The van der Waals surface area contributed by atoms with E-state index in [1.165, 1.54) is 11.8 Å². The molecule has 1 aromatic rings. The fraction of sp³-hybridized carbons (Fsp3) is 0.250. The maximum atomic E-state index is 11.4. The first-order valence-electron chi connectivity index (χ1n) is 5.65. The maximum Gasteiger partial charge on any atom is 0.318 e. The van der Waals surface area contributed by atoms with Crippen molar-refractivity contribution >= 4 is 52.9 Å². The third kappa shape index (κ3) is 7.22. The lowest BCUT2D eigenvalue weighted by Gasteiger charge is -2.05. The second kappa shape index (κ2) is 8.76. The van der Waals surface area contributed by atoms with Crippen molar-refractivity contribution < 1.29 is 19.1 Å². The van der Waals surface area contributed by atoms with Gasteiger partial charge in [0.15, 0.2) is 6.61 Å². The van der Waals surface area contributed by atoms with Gasteiger partial charge >= 0.3 is 12.0 Å². The molecule has 0 spiro atoms. The summed E-state index contributed by atoms with van der Waals surface area (Å²) in [6.45, 7) is -0.547. The first-order valence-corrected chi connectivity index (χ1v) is 7.56. The second-order valence-electron chi connectivity index (χ2n) is 3.81. The number of amides is 3. The Kier molecular flexibility index (Phi) is 7.35. The molecule has 0 bridgehead atoms. The molecule has 21 heavy (non-hydrogen) atoms. The minimum absolute atomic E-state index is 0.0596. The summed E-state index contributed by atoms with van der Waals surface area (Å²) < 4.78 is 4.66. The van der Waals surface area contributed by atoms with Crippen LogP contribution in [-0.2, 0) is 20.1 Å². The predicted octanol–water partition coefficient (Wildman–Crippen LogP) is 1.96. The molecule has 0 unspecified atom stereocenters. The number of imide groups is 1. The topological polar surface area (TPSA) is 98.5 Å². The Labute approximate surface area is 135 Å². The molecule has 0 atom stereocenters. The predicted molar refractivity (Wildman–Crippen MR) is 81.3 cm³/mol. The van der Waals surface area contributed by atoms with Crippen molar-refractivity contribution in [3.8, 4) is 0 Å². The first kappa shape index (κ1) is 17.6. The summed E-state index contributed by atoms with van der Waals surface area (Å²) in [7, 11) is 0. The molecule has 0 aliphatic rings. The van der Waals surface area contributed by atoms with Crippen molar-refractivity contribution in [3.05, 3.63) is 33.8 Å². The number of nitrogens with two attached hydrogens (primary N) is 1. The number of hydrogen-bond donors (Lipinski definition) is 2. The van der Waals surface area contributed by atoms with Gasteiger partial charge in [-0.25, -0.2) is 4.79 Å². The number of ether oxygens (including phenoxy) is 1. The summed E-state index contributed by atoms with van der Waals surface area (Å²) in [5.41, 5.74) is 5.64. The lowest BCUT2D eigenvalue weighted by atomic mass is 10.2. The molecule has 0 saturated heterocycles. The van der Waals surface area contributed by atoms with Gasteiger partial charge in [-0.1, -0.05) is 29.3 Å². The Bertz CT molecular complexity index is 554. The molecular weight excluding hydrogens is 339 g/mol. The third-order valence-electron chi connectivity index (χ3n) is 2.10. The lowest BCUT2D eigenvalue weighted by Crippen LogP contribution is -2.37. The fourth-order valence-electron chi connectivity index (χ4n) is 1.24. The number of thioether (sulfide) groups is 1. The number of urea groups is 1. The molecule has 0 heterocycles. The van der Waals surface area contributed by atoms with Crippen LogP contribution < -0.4 is 11.1 Å². The maximum absolute atomic E-state index is 11.4. The van der Waals surface area contributed by atoms with Crippen molar-refractivity contribution in [2.45, 2.75) is 5.75 Å². The van der Waals surface area contributed by atoms with Crippen LogP contribution in [0, 0.1) is 0 Å². The monoisotopic (exact) mass is 350 g/mol. The quantitative estimate of drug-likeness (QED) is 0.764. The summed E-state index contributed by atoms with van der Waals surface area (Å²) >= 11 is 12.9. The zero-order valence-corrected chi connectivity index (χ0v) is 13.1. The van der Waals surface area contributed by atoms with Crippen LogP contribution in [0.3, 0.4) is 0 Å². The third-order valence-corrected chi connectivity index (χ3v) is 3.82. The van der Waals surface area contributed by atoms with Crippen LogP contribution in [0.2, 0.25) is 10.0 Å². The minimum Gasteiger partial charge on any atom is -0.455 e. The number of nitrogens with one attached hydrogen (secondary N) is 1. The molecule has 3 amide bonds. The fourth-order valence-corrected chi connectivity index (χ4v) is 2.33. The van der Waals surface area contributed by atoms with Gasteiger partial charge in [-0.3, -0.25) is 14.9 Å². The minimum atomic E-state index is -0.995. The van der Waals surface area contributed by atoms with Crippen LogP contribution in [0.1, 0.15) is 5.56 Å². The molecule has 1 aromatic carbocycles. The molecule has 0 aliphatic carbocycles. The molecule has 0 fully saturated rings. The summed E-state index contributed by atoms with van der Waals surface area (Å²) in [5, 5.41) is 2.69. The van der Waals surface area contributed by atoms with E-state index in [9.17, 15) is 14.4 Å². The molecule has 0 radical (unpaired) electrons. The van der Waals surface area contributed by atoms with Gasteiger partial charge in [-0.05, 0) is 17.7 Å². The highest BCUT2D eigenvalue weighted by Crippen LogP contribution is 2.24. The van der Waals surface area contributed by atoms with E-state index in [2.05, 4.69) is 4.74 Å². The van der Waals surface area contributed by atoms with E-state index < -0.39 is 24.5 Å². The molecule has 0 aromatic heterocycles. The number of carbonyl (C=O) groups is 3. The normalized spacial score (nSPS) is 10.0. The highest BCUT2D eigenvalue weighted by atomic mass is 35.5. The smallest absolute Gasteiger partial charge is 0.318 e. The zero-order chi connectivity index (χ0) is 15.8. The van der Waals surface area contributed by atoms with Gasteiger partial charge in [-0.2, -0.15) is 0 Å². The van der Waals surface area contributed by atoms with Crippen molar-refractivity contribution in [2.75, 3.05) is 12.4 Å². The number of esters is 1. The van der Waals surface area contributed by atoms with Crippen LogP contribution >= 0.6 is 35.0 Å². The molecule has 0 aliphatic heterocycles. The zero-order valence-electron chi connectivity index (χ0n) is 10.7. The van der Waals surface area contributed by atoms with E-state index in [0.717, 1.165) is 5.56 Å². The largest absolute Gasteiger partial charge is 0.455 e. The van der Waals surface area contributed by atoms with E-state index in [4.69, 9.17) is 28.9 Å². The molecule has 9 heteroatoms. The average Bonchev–Trinajstić information content (AvgIpc) is 2.40. The van der Waals surface area contributed by atoms with Gasteiger partial charge in [0.1, 0.15) is 0 Å². The van der Waals surface area contributed by atoms with Crippen molar-refractivity contribution in [1.82, 2.24) is 5.32 Å². The SMILES string of the molecule is NC(=O)NC(=O)COC(=O)CSCc1ccc(Cl)c(Cl)c1. The summed E-state index contributed by atoms with van der Waals surface area (Å²) in [6, 6.07) is 4.19. The van der Waals surface area contributed by atoms with Crippen molar-refractivity contribution in [1.29, 1.82) is 0 Å². The average molecular weight is 351 g/mol. The van der Waals surface area contributed by atoms with E-state index in [-0.39, 0.29) is 5.75 Å². The van der Waals surface area contributed by atoms with Crippen LogP contribution in [0.25, 0.3) is 0 Å². The highest BCUT2D eigenvalue weighted by molar-refractivity contribution is 7.99. The van der Waals surface area contributed by atoms with Crippen molar-refractivity contribution in [2.24, 2.45) is 5.73 Å². The summed E-state index contributed by atoms with van der Waals surface area (Å²) in [5.74, 6) is -0.742. The Hall–Kier alpha value is -1.44. The molecular formula is C12H12Cl2N2O4S. The standard InChI is InChI=1S/C12H12Cl2N2O4S/c13-8-2-1-7(3-9(8)14)5-21-6-11(18)20-4-10(17)16-12(15)19/h1-3H,4-6H2,(H3,15,16,17,19). The van der Waals surface area contributed by atoms with Crippen LogP contribution in [0.5, 0.6) is 0 Å². The Balaban J connectivity index is 2.25. The van der Waals surface area contributed by atoms with Gasteiger partial charge in [-0.15, -0.1) is 11.8 Å². The number of carbonyl (C=O) groups excluding carboxylic acids is 3. The van der Waals surface area contributed by atoms with E-state index in [1.807, 2.05) is 0 Å². The van der Waals surface area contributed by atoms with Crippen LogP contribution in [0.4, 0.5) is 4.79 Å². The number of benzene rings is 1. The van der Waals surface area contributed by atoms with E-state index in [1.54, 1.807) is 23.5 Å². The summed E-state index contributed by atoms with van der Waals surface area (Å²) in [6.07, 6.45) is 0. The van der Waals surface area contributed by atoms with E-state index >= 15 is 0 Å². The Morgan fingerprint density at radius 3 is 2.57 bits per heavy atom. The van der Waals surface area contributed by atoms with Gasteiger partial charge in [0.25, 0.3) is 5.91 Å². The molecule has 0 saturated carbocycles. The van der Waals surface area contributed by atoms with E-state index in [0.29, 0.717) is 15.8 Å². The van der Waals surface area contributed by atoms with Crippen LogP contribution in [0.15, 0.2) is 18.2 Å². The highest BCUT2D eigenvalue weighted by Gasteiger charge is 2.09. The second-order valence-corrected chi connectivity index (χ2v) is 5.61. The number of halogens is 2. The Morgan fingerprint density at radius 1 is 1.24 bits per heavy atom. The van der Waals surface area contributed by atoms with Gasteiger partial charge in [0.2, 0.25) is 0 Å². The van der Waals surface area contributed by atoms with Crippen molar-refractivity contribution in [3.63, 3.8) is 0 Å². The summed E-state index contributed by atoms with van der Waals surface area (Å²) in [4.78, 5) is 32.7. The molecule has 114 valence electrons. The van der Waals surface area contributed by atoms with Crippen LogP contribution in [-0.4, -0.2) is 30.3 Å². The Morgan fingerprint density at radius 2 is 1.95 bits per heavy atom. The molecule has 6 nitrogen and oxygen atoms in total. The van der Waals surface area contributed by atoms with Gasteiger partial charge in [0.05, 0.1) is 15.8 Å². The van der Waals surface area contributed by atoms with Gasteiger partial charge < -0.3 is 10.5 Å². The van der Waals surface area contributed by atoms with Gasteiger partial charge in [0, 0.05) is 5.75 Å².